The van der Waals surface area contributed by atoms with Crippen LogP contribution < -0.4 is 10.6 Å². The summed E-state index contributed by atoms with van der Waals surface area (Å²) in [4.78, 5) is 20.9. The van der Waals surface area contributed by atoms with E-state index >= 15 is 0 Å². The Hall–Kier alpha value is -1.14. The van der Waals surface area contributed by atoms with E-state index in [1.54, 1.807) is 7.05 Å². The lowest BCUT2D eigenvalue weighted by Gasteiger charge is -2.06. The summed E-state index contributed by atoms with van der Waals surface area (Å²) >= 11 is 0. The van der Waals surface area contributed by atoms with Gasteiger partial charge in [0.1, 0.15) is 0 Å². The van der Waals surface area contributed by atoms with Crippen molar-refractivity contribution in [2.75, 3.05) is 20.1 Å². The Labute approximate surface area is 75.9 Å². The highest BCUT2D eigenvalue weighted by molar-refractivity contribution is 5.78. The fourth-order valence-electron chi connectivity index (χ4n) is 0.695. The number of amides is 1. The van der Waals surface area contributed by atoms with Crippen LogP contribution >= 0.6 is 0 Å². The van der Waals surface area contributed by atoms with Crippen molar-refractivity contribution in [3.05, 3.63) is 0 Å². The minimum Gasteiger partial charge on any atom is -0.479 e. The number of carbonyl (C=O) groups is 2. The van der Waals surface area contributed by atoms with E-state index in [4.69, 9.17) is 10.2 Å². The first kappa shape index (κ1) is 11.9. The number of aliphatic carboxylic acids is 1. The summed E-state index contributed by atoms with van der Waals surface area (Å²) in [6.07, 6.45) is -1.39. The molecule has 13 heavy (non-hydrogen) atoms. The van der Waals surface area contributed by atoms with E-state index in [-0.39, 0.29) is 25.4 Å². The van der Waals surface area contributed by atoms with Gasteiger partial charge >= 0.3 is 5.97 Å². The van der Waals surface area contributed by atoms with Gasteiger partial charge in [-0.25, -0.2) is 4.79 Å². The number of hydrogen-bond acceptors (Lipinski definition) is 4. The number of hydrogen-bond donors (Lipinski definition) is 4. The number of aliphatic hydroxyl groups is 1. The molecule has 0 aromatic heterocycles. The van der Waals surface area contributed by atoms with Gasteiger partial charge in [-0.15, -0.1) is 0 Å². The van der Waals surface area contributed by atoms with Gasteiger partial charge in [0.15, 0.2) is 6.10 Å². The number of rotatable bonds is 6. The number of likely N-dealkylation sites (N-methyl/N-ethyl adjacent to an activating group) is 1. The molecular formula is C7H14N2O4. The molecule has 0 bridgehead atoms. The number of carboxylic acids is 1. The normalized spacial score (nSPS) is 12.2. The average Bonchev–Trinajstić information content (AvgIpc) is 2.04. The first-order valence-electron chi connectivity index (χ1n) is 3.90. The molecule has 0 aliphatic heterocycles. The van der Waals surface area contributed by atoms with Gasteiger partial charge in [0.05, 0.1) is 6.54 Å². The van der Waals surface area contributed by atoms with E-state index in [1.807, 2.05) is 0 Å². The van der Waals surface area contributed by atoms with Crippen LogP contribution in [0.25, 0.3) is 0 Å². The Balaban J connectivity index is 3.44. The molecule has 6 heteroatoms. The molecule has 0 saturated carbocycles. The third-order valence-corrected chi connectivity index (χ3v) is 1.36. The summed E-state index contributed by atoms with van der Waals surface area (Å²) in [7, 11) is 1.63. The Morgan fingerprint density at radius 2 is 2.08 bits per heavy atom. The van der Waals surface area contributed by atoms with Crippen molar-refractivity contribution in [2.45, 2.75) is 12.5 Å². The summed E-state index contributed by atoms with van der Waals surface area (Å²) in [5.41, 5.74) is 0. The van der Waals surface area contributed by atoms with Crippen molar-refractivity contribution in [1.29, 1.82) is 0 Å². The monoisotopic (exact) mass is 190 g/mol. The van der Waals surface area contributed by atoms with Crippen LogP contribution in [0.2, 0.25) is 0 Å². The summed E-state index contributed by atoms with van der Waals surface area (Å²) < 4.78 is 0. The van der Waals surface area contributed by atoms with Crippen molar-refractivity contribution in [1.82, 2.24) is 10.6 Å². The quantitative estimate of drug-likeness (QED) is 0.394. The van der Waals surface area contributed by atoms with Crippen molar-refractivity contribution >= 4 is 11.9 Å². The fraction of sp³-hybridized carbons (Fsp3) is 0.714. The topological polar surface area (TPSA) is 98.7 Å². The van der Waals surface area contributed by atoms with E-state index in [2.05, 4.69) is 10.6 Å². The molecule has 0 aromatic rings. The smallest absolute Gasteiger partial charge is 0.332 e. The zero-order chi connectivity index (χ0) is 10.3. The van der Waals surface area contributed by atoms with Gasteiger partial charge in [0, 0.05) is 13.0 Å². The third-order valence-electron chi connectivity index (χ3n) is 1.36. The Morgan fingerprint density at radius 3 is 2.54 bits per heavy atom. The third kappa shape index (κ3) is 6.06. The van der Waals surface area contributed by atoms with E-state index < -0.39 is 12.1 Å². The number of carboxylic acid groups (broad SMARTS) is 1. The zero-order valence-electron chi connectivity index (χ0n) is 7.41. The van der Waals surface area contributed by atoms with Gasteiger partial charge in [0.2, 0.25) is 5.91 Å². The van der Waals surface area contributed by atoms with Crippen molar-refractivity contribution in [2.24, 2.45) is 0 Å². The van der Waals surface area contributed by atoms with Gasteiger partial charge in [-0.3, -0.25) is 4.79 Å². The largest absolute Gasteiger partial charge is 0.479 e. The summed E-state index contributed by atoms with van der Waals surface area (Å²) in [5.74, 6) is -1.50. The van der Waals surface area contributed by atoms with E-state index in [1.165, 1.54) is 0 Å². The van der Waals surface area contributed by atoms with Gasteiger partial charge in [0.25, 0.3) is 0 Å². The van der Waals surface area contributed by atoms with Crippen LogP contribution in [0, 0.1) is 0 Å². The van der Waals surface area contributed by atoms with Crippen LogP contribution in [-0.4, -0.2) is 48.3 Å². The molecule has 1 amide bonds. The summed E-state index contributed by atoms with van der Waals surface area (Å²) in [6.45, 7) is 0.344. The van der Waals surface area contributed by atoms with Crippen molar-refractivity contribution < 1.29 is 19.8 Å². The van der Waals surface area contributed by atoms with Crippen LogP contribution in [0.1, 0.15) is 6.42 Å². The zero-order valence-corrected chi connectivity index (χ0v) is 7.41. The molecule has 0 saturated heterocycles. The molecule has 0 rings (SSSR count). The highest BCUT2D eigenvalue weighted by Gasteiger charge is 2.12. The molecule has 0 heterocycles. The molecule has 4 N–H and O–H groups in total. The standard InChI is InChI=1S/C7H14N2O4/c1-8-4-6(11)9-3-2-5(10)7(12)13/h5,8,10H,2-4H2,1H3,(H,9,11)(H,12,13). The van der Waals surface area contributed by atoms with Crippen LogP contribution in [-0.2, 0) is 9.59 Å². The molecule has 0 aliphatic rings. The molecule has 1 atom stereocenters. The maximum Gasteiger partial charge on any atom is 0.332 e. The second-order valence-electron chi connectivity index (χ2n) is 2.52. The molecule has 6 nitrogen and oxygen atoms in total. The predicted molar refractivity (Wildman–Crippen MR) is 45.2 cm³/mol. The second kappa shape index (κ2) is 6.38. The molecular weight excluding hydrogens is 176 g/mol. The lowest BCUT2D eigenvalue weighted by Crippen LogP contribution is -2.35. The van der Waals surface area contributed by atoms with E-state index in [9.17, 15) is 9.59 Å². The van der Waals surface area contributed by atoms with Gasteiger partial charge in [-0.2, -0.15) is 0 Å². The maximum absolute atomic E-state index is 10.8. The Morgan fingerprint density at radius 1 is 1.46 bits per heavy atom. The van der Waals surface area contributed by atoms with Crippen LogP contribution in [0.3, 0.4) is 0 Å². The molecule has 0 fully saturated rings. The molecule has 0 radical (unpaired) electrons. The number of carbonyl (C=O) groups excluding carboxylic acids is 1. The minimum atomic E-state index is -1.41. The number of nitrogens with one attached hydrogen (secondary N) is 2. The second-order valence-corrected chi connectivity index (χ2v) is 2.52. The molecule has 1 unspecified atom stereocenters. The Kier molecular flexibility index (Phi) is 5.82. The number of aliphatic hydroxyl groups excluding tert-OH is 1. The molecule has 76 valence electrons. The van der Waals surface area contributed by atoms with Gasteiger partial charge < -0.3 is 20.8 Å². The van der Waals surface area contributed by atoms with Gasteiger partial charge in [-0.05, 0) is 7.05 Å². The van der Waals surface area contributed by atoms with Crippen LogP contribution in [0.4, 0.5) is 0 Å². The fourth-order valence-corrected chi connectivity index (χ4v) is 0.695. The molecule has 0 aromatic carbocycles. The van der Waals surface area contributed by atoms with Crippen LogP contribution in [0.15, 0.2) is 0 Å². The summed E-state index contributed by atoms with van der Waals surface area (Å²) in [5, 5.41) is 22.2. The van der Waals surface area contributed by atoms with Crippen molar-refractivity contribution in [3.8, 4) is 0 Å². The lowest BCUT2D eigenvalue weighted by atomic mass is 10.2. The molecule has 0 spiro atoms. The van der Waals surface area contributed by atoms with Gasteiger partial charge in [-0.1, -0.05) is 0 Å². The van der Waals surface area contributed by atoms with Crippen molar-refractivity contribution in [3.63, 3.8) is 0 Å². The Bertz CT molecular complexity index is 183. The molecule has 0 aliphatic carbocycles. The highest BCUT2D eigenvalue weighted by atomic mass is 16.4. The van der Waals surface area contributed by atoms with E-state index in [0.29, 0.717) is 0 Å². The first-order valence-corrected chi connectivity index (χ1v) is 3.90. The first-order chi connectivity index (χ1) is 6.07. The lowest BCUT2D eigenvalue weighted by molar-refractivity contribution is -0.147. The SMILES string of the molecule is CNCC(=O)NCCC(O)C(=O)O. The van der Waals surface area contributed by atoms with E-state index in [0.717, 1.165) is 0 Å². The predicted octanol–water partition coefficient (Wildman–Crippen LogP) is -1.84. The summed E-state index contributed by atoms with van der Waals surface area (Å²) in [6, 6.07) is 0. The minimum absolute atomic E-state index is 0.0186. The maximum atomic E-state index is 10.8. The van der Waals surface area contributed by atoms with Crippen LogP contribution in [0.5, 0.6) is 0 Å². The highest BCUT2D eigenvalue weighted by Crippen LogP contribution is 1.88. The average molecular weight is 190 g/mol.